The molecule has 8 nitrogen and oxygen atoms in total. The molecule has 0 fully saturated rings. The summed E-state index contributed by atoms with van der Waals surface area (Å²) in [6.45, 7) is 6.10. The number of allylic oxidation sites excluding steroid dienone is 1. The molecule has 2 heterocycles. The van der Waals surface area contributed by atoms with Crippen LogP contribution in [0.5, 0.6) is 17.2 Å². The number of esters is 1. The number of rotatable bonds is 9. The molecule has 0 unspecified atom stereocenters. The lowest BCUT2D eigenvalue weighted by Gasteiger charge is -2.25. The fourth-order valence-corrected chi connectivity index (χ4v) is 5.84. The zero-order valence-corrected chi connectivity index (χ0v) is 24.4. The van der Waals surface area contributed by atoms with E-state index in [0.717, 1.165) is 5.56 Å². The fourth-order valence-electron chi connectivity index (χ4n) is 4.23. The summed E-state index contributed by atoms with van der Waals surface area (Å²) in [7, 11) is 1.57. The van der Waals surface area contributed by atoms with Gasteiger partial charge in [-0.15, -0.1) is 6.42 Å². The number of terminal acetylenes is 1. The van der Waals surface area contributed by atoms with Gasteiger partial charge in [-0.25, -0.2) is 9.79 Å². The van der Waals surface area contributed by atoms with Crippen molar-refractivity contribution in [3.63, 3.8) is 0 Å². The van der Waals surface area contributed by atoms with Crippen LogP contribution < -0.4 is 29.1 Å². The Kier molecular flexibility index (Phi) is 8.94. The number of carbonyl (C=O) groups excluding carboxylic acids is 1. The highest BCUT2D eigenvalue weighted by Crippen LogP contribution is 2.35. The number of aromatic nitrogens is 1. The van der Waals surface area contributed by atoms with E-state index >= 15 is 0 Å². The van der Waals surface area contributed by atoms with Crippen LogP contribution in [0.25, 0.3) is 6.08 Å². The van der Waals surface area contributed by atoms with Gasteiger partial charge in [0.15, 0.2) is 16.3 Å². The third-order valence-corrected chi connectivity index (χ3v) is 7.49. The van der Waals surface area contributed by atoms with Crippen LogP contribution in [0.1, 0.15) is 37.9 Å². The molecule has 0 saturated carbocycles. The van der Waals surface area contributed by atoms with E-state index in [0.29, 0.717) is 54.5 Å². The third kappa shape index (κ3) is 5.79. The van der Waals surface area contributed by atoms with Crippen LogP contribution in [-0.2, 0) is 9.53 Å². The SMILES string of the molecule is C#CCOc1ccc(/C=c2/sc3n(c2=O)[C@H](c2ccc(OC)c(Br)c2)C(C(=O)OCC)=C(C)N=3)cc1OCC. The lowest BCUT2D eigenvalue weighted by molar-refractivity contribution is -0.139. The Morgan fingerprint density at radius 1 is 1.15 bits per heavy atom. The van der Waals surface area contributed by atoms with Crippen molar-refractivity contribution in [1.29, 1.82) is 0 Å². The number of hydrogen-bond donors (Lipinski definition) is 0. The Hall–Kier alpha value is -3.81. The molecule has 39 heavy (non-hydrogen) atoms. The number of hydrogen-bond acceptors (Lipinski definition) is 8. The van der Waals surface area contributed by atoms with Gasteiger partial charge in [0, 0.05) is 0 Å². The van der Waals surface area contributed by atoms with Crippen LogP contribution in [0, 0.1) is 12.3 Å². The molecular weight excluding hydrogens is 584 g/mol. The number of fused-ring (bicyclic) bond motifs is 1. The summed E-state index contributed by atoms with van der Waals surface area (Å²) in [5, 5.41) is 0. The number of carbonyl (C=O) groups is 1. The minimum atomic E-state index is -0.733. The maximum absolute atomic E-state index is 13.9. The zero-order chi connectivity index (χ0) is 28.1. The monoisotopic (exact) mass is 610 g/mol. The molecule has 0 radical (unpaired) electrons. The van der Waals surface area contributed by atoms with Crippen LogP contribution in [0.2, 0.25) is 0 Å². The normalized spacial score (nSPS) is 14.8. The number of methoxy groups -OCH3 is 1. The minimum Gasteiger partial charge on any atom is -0.496 e. The molecule has 0 spiro atoms. The van der Waals surface area contributed by atoms with E-state index in [-0.39, 0.29) is 18.8 Å². The van der Waals surface area contributed by atoms with Gasteiger partial charge in [0.05, 0.1) is 46.6 Å². The van der Waals surface area contributed by atoms with Crippen molar-refractivity contribution < 1.29 is 23.7 Å². The van der Waals surface area contributed by atoms with Crippen molar-refractivity contribution in [1.82, 2.24) is 4.57 Å². The van der Waals surface area contributed by atoms with Gasteiger partial charge in [-0.05, 0) is 78.2 Å². The summed E-state index contributed by atoms with van der Waals surface area (Å²) in [6.07, 6.45) is 7.09. The van der Waals surface area contributed by atoms with E-state index in [1.54, 1.807) is 45.2 Å². The van der Waals surface area contributed by atoms with Crippen molar-refractivity contribution in [3.05, 3.63) is 83.0 Å². The summed E-state index contributed by atoms with van der Waals surface area (Å²) in [5.74, 6) is 3.59. The molecule has 0 bridgehead atoms. The molecule has 1 aliphatic heterocycles. The number of nitrogens with zero attached hydrogens (tertiary/aromatic N) is 2. The van der Waals surface area contributed by atoms with E-state index < -0.39 is 12.0 Å². The van der Waals surface area contributed by atoms with Gasteiger partial charge < -0.3 is 18.9 Å². The van der Waals surface area contributed by atoms with Crippen molar-refractivity contribution >= 4 is 39.3 Å². The van der Waals surface area contributed by atoms with E-state index in [1.165, 1.54) is 15.9 Å². The predicted octanol–water partition coefficient (Wildman–Crippen LogP) is 3.98. The highest BCUT2D eigenvalue weighted by atomic mass is 79.9. The molecule has 4 rings (SSSR count). The van der Waals surface area contributed by atoms with Crippen molar-refractivity contribution in [2.24, 2.45) is 4.99 Å². The lowest BCUT2D eigenvalue weighted by atomic mass is 9.96. The molecule has 1 atom stereocenters. The van der Waals surface area contributed by atoms with Crippen molar-refractivity contribution in [2.45, 2.75) is 26.8 Å². The molecule has 0 amide bonds. The van der Waals surface area contributed by atoms with E-state index in [4.69, 9.17) is 25.4 Å². The first kappa shape index (κ1) is 28.2. The minimum absolute atomic E-state index is 0.113. The largest absolute Gasteiger partial charge is 0.496 e. The molecule has 1 aliphatic rings. The third-order valence-electron chi connectivity index (χ3n) is 5.88. The molecular formula is C29H27BrN2O6S. The van der Waals surface area contributed by atoms with Gasteiger partial charge >= 0.3 is 5.97 Å². The molecule has 0 N–H and O–H groups in total. The Bertz CT molecular complexity index is 1660. The second kappa shape index (κ2) is 12.4. The van der Waals surface area contributed by atoms with Gasteiger partial charge in [-0.3, -0.25) is 9.36 Å². The molecule has 0 aliphatic carbocycles. The molecule has 1 aromatic heterocycles. The first-order valence-corrected chi connectivity index (χ1v) is 13.8. The number of ether oxygens (including phenoxy) is 4. The fraction of sp³-hybridized carbons (Fsp3) is 0.276. The van der Waals surface area contributed by atoms with Crippen molar-refractivity contribution in [2.75, 3.05) is 26.9 Å². The van der Waals surface area contributed by atoms with Crippen LogP contribution in [-0.4, -0.2) is 37.5 Å². The van der Waals surface area contributed by atoms with E-state index in [1.807, 2.05) is 25.1 Å². The molecule has 10 heteroatoms. The first-order chi connectivity index (χ1) is 18.8. The topological polar surface area (TPSA) is 88.4 Å². The molecule has 2 aromatic carbocycles. The number of thiazole rings is 1. The quantitative estimate of drug-likeness (QED) is 0.269. The van der Waals surface area contributed by atoms with Gasteiger partial charge in [-0.1, -0.05) is 29.4 Å². The highest BCUT2D eigenvalue weighted by Gasteiger charge is 2.33. The Balaban J connectivity index is 1.89. The Labute approximate surface area is 238 Å². The highest BCUT2D eigenvalue weighted by molar-refractivity contribution is 9.10. The summed E-state index contributed by atoms with van der Waals surface area (Å²) >= 11 is 4.76. The van der Waals surface area contributed by atoms with Crippen LogP contribution >= 0.6 is 27.3 Å². The average molecular weight is 612 g/mol. The first-order valence-electron chi connectivity index (χ1n) is 12.2. The van der Waals surface area contributed by atoms with Gasteiger partial charge in [0.25, 0.3) is 5.56 Å². The van der Waals surface area contributed by atoms with Crippen LogP contribution in [0.3, 0.4) is 0 Å². The summed E-state index contributed by atoms with van der Waals surface area (Å²) < 4.78 is 24.7. The lowest BCUT2D eigenvalue weighted by Crippen LogP contribution is -2.39. The van der Waals surface area contributed by atoms with Crippen molar-refractivity contribution in [3.8, 4) is 29.6 Å². The van der Waals surface area contributed by atoms with Crippen LogP contribution in [0.15, 0.2) is 61.9 Å². The summed E-state index contributed by atoms with van der Waals surface area (Å²) in [5.41, 5.74) is 1.96. The standard InChI is InChI=1S/C29H27BrN2O6S/c1-6-13-38-22-11-9-18(14-23(22)36-7-2)15-24-27(33)32-26(19-10-12-21(35-5)20(30)16-19)25(28(34)37-8-3)17(4)31-29(32)39-24/h1,9-12,14-16,26H,7-8,13H2,2-5H3/b24-15+/t26-/m1/s1. The van der Waals surface area contributed by atoms with Gasteiger partial charge in [0.2, 0.25) is 0 Å². The van der Waals surface area contributed by atoms with Gasteiger partial charge in [-0.2, -0.15) is 0 Å². The Morgan fingerprint density at radius 2 is 1.92 bits per heavy atom. The molecule has 0 saturated heterocycles. The summed E-state index contributed by atoms with van der Waals surface area (Å²) in [4.78, 5) is 32.0. The zero-order valence-electron chi connectivity index (χ0n) is 21.9. The molecule has 3 aromatic rings. The maximum Gasteiger partial charge on any atom is 0.338 e. The second-order valence-corrected chi connectivity index (χ2v) is 10.2. The maximum atomic E-state index is 13.9. The smallest absolute Gasteiger partial charge is 0.338 e. The average Bonchev–Trinajstić information content (AvgIpc) is 3.21. The summed E-state index contributed by atoms with van der Waals surface area (Å²) in [6, 6.07) is 10.1. The van der Waals surface area contributed by atoms with Gasteiger partial charge in [0.1, 0.15) is 12.4 Å². The Morgan fingerprint density at radius 3 is 2.59 bits per heavy atom. The van der Waals surface area contributed by atoms with E-state index in [2.05, 4.69) is 26.8 Å². The predicted molar refractivity (Wildman–Crippen MR) is 153 cm³/mol. The van der Waals surface area contributed by atoms with E-state index in [9.17, 15) is 9.59 Å². The van der Waals surface area contributed by atoms with Crippen LogP contribution in [0.4, 0.5) is 0 Å². The second-order valence-electron chi connectivity index (χ2n) is 8.33. The number of benzene rings is 2. The number of halogens is 1. The molecule has 202 valence electrons.